The zero-order valence-electron chi connectivity index (χ0n) is 10.6. The average molecular weight is 254 g/mol. The van der Waals surface area contributed by atoms with Crippen LogP contribution in [0.4, 0.5) is 11.5 Å². The van der Waals surface area contributed by atoms with E-state index in [0.717, 1.165) is 11.3 Å². The highest BCUT2D eigenvalue weighted by molar-refractivity contribution is 5.68. The number of hydrogen-bond donors (Lipinski definition) is 2. The molecule has 0 saturated carbocycles. The number of benzene rings is 1. The van der Waals surface area contributed by atoms with Gasteiger partial charge >= 0.3 is 0 Å². The summed E-state index contributed by atoms with van der Waals surface area (Å²) in [5.41, 5.74) is 7.67. The van der Waals surface area contributed by atoms with Crippen molar-refractivity contribution in [3.8, 4) is 11.8 Å². The lowest BCUT2D eigenvalue weighted by molar-refractivity contribution is 0.414. The van der Waals surface area contributed by atoms with Gasteiger partial charge in [-0.05, 0) is 23.8 Å². The molecule has 0 spiro atoms. The SMILES string of the molecule is COc1cccc(CNc2nccc(C#N)c2N)c1. The number of rotatable bonds is 4. The first-order valence-corrected chi connectivity index (χ1v) is 5.76. The second-order valence-electron chi connectivity index (χ2n) is 3.94. The Morgan fingerprint density at radius 2 is 2.26 bits per heavy atom. The van der Waals surface area contributed by atoms with Gasteiger partial charge < -0.3 is 15.8 Å². The maximum absolute atomic E-state index is 8.89. The first kappa shape index (κ1) is 12.7. The number of aromatic nitrogens is 1. The molecule has 2 rings (SSSR count). The number of pyridine rings is 1. The van der Waals surface area contributed by atoms with Crippen LogP contribution in [0, 0.1) is 11.3 Å². The van der Waals surface area contributed by atoms with Crippen LogP contribution in [-0.4, -0.2) is 12.1 Å². The van der Waals surface area contributed by atoms with E-state index >= 15 is 0 Å². The third-order valence-electron chi connectivity index (χ3n) is 2.70. The van der Waals surface area contributed by atoms with E-state index in [-0.39, 0.29) is 0 Å². The van der Waals surface area contributed by atoms with Crippen molar-refractivity contribution in [1.82, 2.24) is 4.98 Å². The molecule has 96 valence electrons. The zero-order valence-corrected chi connectivity index (χ0v) is 10.6. The Kier molecular flexibility index (Phi) is 3.84. The summed E-state index contributed by atoms with van der Waals surface area (Å²) in [5.74, 6) is 1.31. The topological polar surface area (TPSA) is 84.0 Å². The summed E-state index contributed by atoms with van der Waals surface area (Å²) in [6.07, 6.45) is 1.56. The highest BCUT2D eigenvalue weighted by Gasteiger charge is 2.05. The quantitative estimate of drug-likeness (QED) is 0.873. The van der Waals surface area contributed by atoms with Crippen molar-refractivity contribution < 1.29 is 4.74 Å². The van der Waals surface area contributed by atoms with Crippen molar-refractivity contribution in [2.45, 2.75) is 6.54 Å². The molecule has 5 heteroatoms. The summed E-state index contributed by atoms with van der Waals surface area (Å²) >= 11 is 0. The van der Waals surface area contributed by atoms with Crippen molar-refractivity contribution in [2.75, 3.05) is 18.2 Å². The lowest BCUT2D eigenvalue weighted by atomic mass is 10.2. The van der Waals surface area contributed by atoms with Crippen LogP contribution in [0.1, 0.15) is 11.1 Å². The maximum Gasteiger partial charge on any atom is 0.150 e. The van der Waals surface area contributed by atoms with E-state index in [1.54, 1.807) is 19.4 Å². The Hall–Kier alpha value is -2.74. The summed E-state index contributed by atoms with van der Waals surface area (Å²) in [7, 11) is 1.63. The molecule has 0 amide bonds. The predicted octanol–water partition coefficient (Wildman–Crippen LogP) is 2.16. The van der Waals surface area contributed by atoms with Crippen LogP contribution >= 0.6 is 0 Å². The molecule has 0 unspecified atom stereocenters. The average Bonchev–Trinajstić information content (AvgIpc) is 2.46. The molecule has 0 aliphatic heterocycles. The summed E-state index contributed by atoms with van der Waals surface area (Å²) in [6, 6.07) is 11.3. The fraction of sp³-hybridized carbons (Fsp3) is 0.143. The lowest BCUT2D eigenvalue weighted by Gasteiger charge is -2.09. The van der Waals surface area contributed by atoms with Gasteiger partial charge in [0.15, 0.2) is 5.82 Å². The number of nitrogen functional groups attached to an aromatic ring is 1. The van der Waals surface area contributed by atoms with Gasteiger partial charge in [-0.2, -0.15) is 5.26 Å². The summed E-state index contributed by atoms with van der Waals surface area (Å²) in [4.78, 5) is 4.13. The van der Waals surface area contributed by atoms with Gasteiger partial charge in [-0.25, -0.2) is 4.98 Å². The molecule has 0 aliphatic rings. The van der Waals surface area contributed by atoms with E-state index in [2.05, 4.69) is 10.3 Å². The van der Waals surface area contributed by atoms with Gasteiger partial charge in [0.25, 0.3) is 0 Å². The van der Waals surface area contributed by atoms with E-state index in [4.69, 9.17) is 15.7 Å². The molecule has 2 aromatic rings. The van der Waals surface area contributed by atoms with Crippen molar-refractivity contribution >= 4 is 11.5 Å². The summed E-state index contributed by atoms with van der Waals surface area (Å²) in [5, 5.41) is 12.0. The third kappa shape index (κ3) is 2.93. The van der Waals surface area contributed by atoms with Gasteiger partial charge in [-0.15, -0.1) is 0 Å². The number of nitrogens with one attached hydrogen (secondary N) is 1. The van der Waals surface area contributed by atoms with E-state index in [1.807, 2.05) is 30.3 Å². The predicted molar refractivity (Wildman–Crippen MR) is 73.7 cm³/mol. The fourth-order valence-electron chi connectivity index (χ4n) is 1.68. The smallest absolute Gasteiger partial charge is 0.150 e. The van der Waals surface area contributed by atoms with Crippen molar-refractivity contribution in [2.24, 2.45) is 0 Å². The summed E-state index contributed by atoms with van der Waals surface area (Å²) < 4.78 is 5.16. The van der Waals surface area contributed by atoms with Crippen molar-refractivity contribution in [3.63, 3.8) is 0 Å². The molecule has 19 heavy (non-hydrogen) atoms. The number of nitriles is 1. The Morgan fingerprint density at radius 1 is 1.42 bits per heavy atom. The Morgan fingerprint density at radius 3 is 3.00 bits per heavy atom. The highest BCUT2D eigenvalue weighted by Crippen LogP contribution is 2.20. The van der Waals surface area contributed by atoms with Gasteiger partial charge in [-0.1, -0.05) is 12.1 Å². The second-order valence-corrected chi connectivity index (χ2v) is 3.94. The minimum Gasteiger partial charge on any atom is -0.497 e. The number of hydrogen-bond acceptors (Lipinski definition) is 5. The maximum atomic E-state index is 8.89. The Balaban J connectivity index is 2.12. The van der Waals surface area contributed by atoms with Crippen LogP contribution in [0.5, 0.6) is 5.75 Å². The lowest BCUT2D eigenvalue weighted by Crippen LogP contribution is -2.05. The number of nitrogens with two attached hydrogens (primary N) is 1. The van der Waals surface area contributed by atoms with E-state index < -0.39 is 0 Å². The molecule has 0 atom stereocenters. The molecule has 1 aromatic carbocycles. The van der Waals surface area contributed by atoms with Gasteiger partial charge in [0.1, 0.15) is 11.8 Å². The molecular formula is C14H14N4O. The van der Waals surface area contributed by atoms with Gasteiger partial charge in [0, 0.05) is 12.7 Å². The fourth-order valence-corrected chi connectivity index (χ4v) is 1.68. The normalized spacial score (nSPS) is 9.68. The molecule has 3 N–H and O–H groups in total. The first-order chi connectivity index (χ1) is 9.24. The standard InChI is InChI=1S/C14H14N4O/c1-19-12-4-2-3-10(7-12)9-18-14-13(16)11(8-15)5-6-17-14/h2-7H,9,16H2,1H3,(H,17,18). The number of anilines is 2. The third-order valence-corrected chi connectivity index (χ3v) is 2.70. The molecule has 1 heterocycles. The van der Waals surface area contributed by atoms with Crippen LogP contribution < -0.4 is 15.8 Å². The van der Waals surface area contributed by atoms with E-state index in [1.165, 1.54) is 0 Å². The molecule has 0 saturated heterocycles. The number of nitrogens with zero attached hydrogens (tertiary/aromatic N) is 2. The number of methoxy groups -OCH3 is 1. The van der Waals surface area contributed by atoms with Gasteiger partial charge in [-0.3, -0.25) is 0 Å². The van der Waals surface area contributed by atoms with Gasteiger partial charge in [0.05, 0.1) is 18.4 Å². The van der Waals surface area contributed by atoms with Crippen LogP contribution in [0.25, 0.3) is 0 Å². The first-order valence-electron chi connectivity index (χ1n) is 5.76. The van der Waals surface area contributed by atoms with Crippen LogP contribution in [0.3, 0.4) is 0 Å². The molecule has 1 aromatic heterocycles. The van der Waals surface area contributed by atoms with Gasteiger partial charge in [0.2, 0.25) is 0 Å². The van der Waals surface area contributed by atoms with Crippen molar-refractivity contribution in [3.05, 3.63) is 47.7 Å². The molecule has 5 nitrogen and oxygen atoms in total. The second kappa shape index (κ2) is 5.74. The Labute approximate surface area is 111 Å². The number of ether oxygens (including phenoxy) is 1. The minimum atomic E-state index is 0.368. The van der Waals surface area contributed by atoms with E-state index in [9.17, 15) is 0 Å². The van der Waals surface area contributed by atoms with Crippen LogP contribution in [0.2, 0.25) is 0 Å². The Bertz CT molecular complexity index is 619. The monoisotopic (exact) mass is 254 g/mol. The molecule has 0 fully saturated rings. The summed E-state index contributed by atoms with van der Waals surface area (Å²) in [6.45, 7) is 0.559. The molecule has 0 aliphatic carbocycles. The largest absolute Gasteiger partial charge is 0.497 e. The highest BCUT2D eigenvalue weighted by atomic mass is 16.5. The molecule has 0 bridgehead atoms. The van der Waals surface area contributed by atoms with Crippen molar-refractivity contribution in [1.29, 1.82) is 5.26 Å². The van der Waals surface area contributed by atoms with Crippen LogP contribution in [-0.2, 0) is 6.54 Å². The van der Waals surface area contributed by atoms with E-state index in [0.29, 0.717) is 23.6 Å². The minimum absolute atomic E-state index is 0.368. The van der Waals surface area contributed by atoms with Crippen LogP contribution in [0.15, 0.2) is 36.5 Å². The molecule has 0 radical (unpaired) electrons. The molecular weight excluding hydrogens is 240 g/mol. The zero-order chi connectivity index (χ0) is 13.7.